The Morgan fingerprint density at radius 1 is 1.34 bits per heavy atom. The van der Waals surface area contributed by atoms with Crippen LogP contribution in [-0.4, -0.2) is 47.7 Å². The minimum absolute atomic E-state index is 0.0271. The van der Waals surface area contributed by atoms with Crippen molar-refractivity contribution in [3.05, 3.63) is 57.4 Å². The van der Waals surface area contributed by atoms with Crippen LogP contribution in [0.15, 0.2) is 42.6 Å². The highest BCUT2D eigenvalue weighted by Crippen LogP contribution is 2.36. The minimum atomic E-state index is -1.15. The molecule has 0 aliphatic carbocycles. The number of carbonyl (C=O) groups is 1. The number of hydrogen-bond acceptors (Lipinski definition) is 5. The Morgan fingerprint density at radius 3 is 2.94 bits per heavy atom. The number of hydrogen-bond donors (Lipinski definition) is 1. The van der Waals surface area contributed by atoms with Gasteiger partial charge in [-0.1, -0.05) is 23.4 Å². The van der Waals surface area contributed by atoms with E-state index in [0.717, 1.165) is 28.7 Å². The molecule has 0 saturated carbocycles. The van der Waals surface area contributed by atoms with E-state index in [1.54, 1.807) is 19.4 Å². The molecule has 184 valence electrons. The Balaban J connectivity index is 1.39. The number of benzene rings is 1. The van der Waals surface area contributed by atoms with E-state index in [-0.39, 0.29) is 18.3 Å². The van der Waals surface area contributed by atoms with Crippen molar-refractivity contribution in [2.24, 2.45) is 11.8 Å². The number of rotatable bonds is 8. The monoisotopic (exact) mass is 514 g/mol. The fourth-order valence-corrected chi connectivity index (χ4v) is 5.74. The molecule has 1 saturated heterocycles. The number of nitrogens with zero attached hydrogens (tertiary/aromatic N) is 2. The molecule has 3 atom stereocenters. The van der Waals surface area contributed by atoms with E-state index in [9.17, 15) is 9.90 Å². The zero-order valence-corrected chi connectivity index (χ0v) is 21.1. The van der Waals surface area contributed by atoms with E-state index in [0.29, 0.717) is 41.6 Å². The SMILES string of the molecule is COc1ccc2nccc([C@H](F)CC[C@@H]3CCN(CC#Cc4ccc(Cl)s4)C[C@@H]3CC(=O)O)c2c1. The third kappa shape index (κ3) is 6.72. The van der Waals surface area contributed by atoms with Crippen LogP contribution < -0.4 is 4.74 Å². The topological polar surface area (TPSA) is 62.7 Å². The maximum Gasteiger partial charge on any atom is 0.303 e. The molecule has 4 rings (SSSR count). The number of halogens is 2. The highest BCUT2D eigenvalue weighted by Gasteiger charge is 2.31. The van der Waals surface area contributed by atoms with Crippen LogP contribution in [0, 0.1) is 23.7 Å². The van der Waals surface area contributed by atoms with E-state index >= 15 is 4.39 Å². The van der Waals surface area contributed by atoms with E-state index in [1.165, 1.54) is 11.3 Å². The summed E-state index contributed by atoms with van der Waals surface area (Å²) in [4.78, 5) is 19.0. The first-order valence-electron chi connectivity index (χ1n) is 11.7. The molecule has 0 unspecified atom stereocenters. The molecule has 0 bridgehead atoms. The smallest absolute Gasteiger partial charge is 0.303 e. The molecule has 3 aromatic rings. The van der Waals surface area contributed by atoms with Crippen molar-refractivity contribution in [1.29, 1.82) is 0 Å². The Kier molecular flexibility index (Phi) is 8.61. The van der Waals surface area contributed by atoms with Gasteiger partial charge in [-0.2, -0.15) is 0 Å². The normalized spacial score (nSPS) is 19.2. The predicted molar refractivity (Wildman–Crippen MR) is 138 cm³/mol. The quantitative estimate of drug-likeness (QED) is 0.362. The van der Waals surface area contributed by atoms with E-state index < -0.39 is 12.1 Å². The number of thiophene rings is 1. The molecule has 1 aliphatic heterocycles. The van der Waals surface area contributed by atoms with Gasteiger partial charge >= 0.3 is 5.97 Å². The first-order chi connectivity index (χ1) is 16.9. The molecule has 5 nitrogen and oxygen atoms in total. The molecule has 35 heavy (non-hydrogen) atoms. The van der Waals surface area contributed by atoms with Crippen LogP contribution in [0.5, 0.6) is 5.75 Å². The Hall–Kier alpha value is -2.66. The number of carboxylic acid groups (broad SMARTS) is 1. The van der Waals surface area contributed by atoms with Crippen LogP contribution in [0.3, 0.4) is 0 Å². The average Bonchev–Trinajstić information content (AvgIpc) is 3.27. The molecular formula is C27H28ClFN2O3S. The van der Waals surface area contributed by atoms with Crippen molar-refractivity contribution in [3.63, 3.8) is 0 Å². The molecule has 3 heterocycles. The van der Waals surface area contributed by atoms with Gasteiger partial charge in [0.05, 0.1) is 28.4 Å². The molecule has 8 heteroatoms. The summed E-state index contributed by atoms with van der Waals surface area (Å²) in [5.74, 6) is 6.28. The molecule has 2 aromatic heterocycles. The lowest BCUT2D eigenvalue weighted by atomic mass is 9.79. The maximum absolute atomic E-state index is 15.4. The zero-order valence-electron chi connectivity index (χ0n) is 19.5. The molecule has 1 N–H and O–H groups in total. The number of alkyl halides is 1. The van der Waals surface area contributed by atoms with Crippen molar-refractivity contribution < 1.29 is 19.0 Å². The van der Waals surface area contributed by atoms with Gasteiger partial charge in [-0.15, -0.1) is 11.3 Å². The molecule has 0 radical (unpaired) electrons. The van der Waals surface area contributed by atoms with Crippen molar-refractivity contribution in [2.45, 2.75) is 31.9 Å². The van der Waals surface area contributed by atoms with E-state index in [4.69, 9.17) is 16.3 Å². The van der Waals surface area contributed by atoms with Crippen LogP contribution in [0.4, 0.5) is 4.39 Å². The molecule has 1 fully saturated rings. The van der Waals surface area contributed by atoms with E-state index in [2.05, 4.69) is 21.7 Å². The summed E-state index contributed by atoms with van der Waals surface area (Å²) in [6.07, 6.45) is 2.38. The number of pyridine rings is 1. The van der Waals surface area contributed by atoms with Crippen LogP contribution in [0.2, 0.25) is 4.34 Å². The second-order valence-corrected chi connectivity index (χ2v) is 10.6. The van der Waals surface area contributed by atoms with Crippen molar-refractivity contribution in [1.82, 2.24) is 9.88 Å². The number of ether oxygens (including phenoxy) is 1. The van der Waals surface area contributed by atoms with Gasteiger partial charge in [-0.05, 0) is 79.6 Å². The number of piperidine rings is 1. The minimum Gasteiger partial charge on any atom is -0.497 e. The van der Waals surface area contributed by atoms with Gasteiger partial charge in [0, 0.05) is 24.5 Å². The Morgan fingerprint density at radius 2 is 2.20 bits per heavy atom. The van der Waals surface area contributed by atoms with Crippen LogP contribution >= 0.6 is 22.9 Å². The second kappa shape index (κ2) is 11.9. The molecule has 0 spiro atoms. The number of aromatic nitrogens is 1. The fourth-order valence-electron chi connectivity index (χ4n) is 4.82. The summed E-state index contributed by atoms with van der Waals surface area (Å²) < 4.78 is 21.4. The lowest BCUT2D eigenvalue weighted by Crippen LogP contribution is -2.41. The summed E-state index contributed by atoms with van der Waals surface area (Å²) in [6, 6.07) is 10.9. The van der Waals surface area contributed by atoms with Crippen LogP contribution in [-0.2, 0) is 4.79 Å². The number of likely N-dealkylation sites (tertiary alicyclic amines) is 1. The number of fused-ring (bicyclic) bond motifs is 1. The van der Waals surface area contributed by atoms with Gasteiger partial charge in [-0.25, -0.2) is 4.39 Å². The largest absolute Gasteiger partial charge is 0.497 e. The first kappa shape index (κ1) is 25.4. The van der Waals surface area contributed by atoms with Gasteiger partial charge in [0.15, 0.2) is 0 Å². The summed E-state index contributed by atoms with van der Waals surface area (Å²) in [7, 11) is 1.59. The van der Waals surface area contributed by atoms with Crippen LogP contribution in [0.1, 0.15) is 42.3 Å². The third-order valence-electron chi connectivity index (χ3n) is 6.61. The van der Waals surface area contributed by atoms with Crippen molar-refractivity contribution >= 4 is 39.8 Å². The maximum atomic E-state index is 15.4. The number of methoxy groups -OCH3 is 1. The number of carboxylic acids is 1. The summed E-state index contributed by atoms with van der Waals surface area (Å²) >= 11 is 7.40. The Bertz CT molecular complexity index is 1240. The van der Waals surface area contributed by atoms with Gasteiger partial charge in [0.2, 0.25) is 0 Å². The lowest BCUT2D eigenvalue weighted by molar-refractivity contribution is -0.139. The lowest BCUT2D eigenvalue weighted by Gasteiger charge is -2.37. The van der Waals surface area contributed by atoms with Gasteiger partial charge in [0.25, 0.3) is 0 Å². The zero-order chi connectivity index (χ0) is 24.8. The number of aliphatic carboxylic acids is 1. The fraction of sp³-hybridized carbons (Fsp3) is 0.407. The van der Waals surface area contributed by atoms with Gasteiger partial charge < -0.3 is 9.84 Å². The van der Waals surface area contributed by atoms with Crippen molar-refractivity contribution in [2.75, 3.05) is 26.7 Å². The Labute approximate surface area is 213 Å². The summed E-state index contributed by atoms with van der Waals surface area (Å²) in [5.41, 5.74) is 1.33. The second-order valence-electron chi connectivity index (χ2n) is 8.88. The highest BCUT2D eigenvalue weighted by atomic mass is 35.5. The van der Waals surface area contributed by atoms with Gasteiger partial charge in [0.1, 0.15) is 11.9 Å². The van der Waals surface area contributed by atoms with Crippen LogP contribution in [0.25, 0.3) is 10.9 Å². The molecule has 1 aliphatic rings. The highest BCUT2D eigenvalue weighted by molar-refractivity contribution is 7.16. The molecule has 1 aromatic carbocycles. The average molecular weight is 515 g/mol. The summed E-state index contributed by atoms with van der Waals surface area (Å²) in [5, 5.41) is 10.2. The van der Waals surface area contributed by atoms with E-state index in [1.807, 2.05) is 30.3 Å². The predicted octanol–water partition coefficient (Wildman–Crippen LogP) is 6.21. The summed E-state index contributed by atoms with van der Waals surface area (Å²) in [6.45, 7) is 2.06. The third-order valence-corrected chi connectivity index (χ3v) is 7.76. The first-order valence-corrected chi connectivity index (χ1v) is 12.9. The standard InChI is InChI=1S/C27H28ClFN2O3S/c1-34-20-5-8-25-23(16-20)22(10-12-30-25)24(29)7-4-18-11-14-31(17-19(18)15-27(32)33)13-2-3-21-6-9-26(28)35-21/h5-6,8-10,12,16,18-19,24H,4,7,11,13-15,17H2,1H3,(H,32,33)/t18-,19+,24-/m1/s1. The molecule has 0 amide bonds. The molecular weight excluding hydrogens is 487 g/mol. The van der Waals surface area contributed by atoms with Crippen molar-refractivity contribution in [3.8, 4) is 17.6 Å². The van der Waals surface area contributed by atoms with Gasteiger partial charge in [-0.3, -0.25) is 14.7 Å².